The van der Waals surface area contributed by atoms with E-state index in [1.165, 1.54) is 42.5 Å². The molecule has 1 N–H and O–H groups in total. The quantitative estimate of drug-likeness (QED) is 0.905. The topological polar surface area (TPSA) is 64.0 Å². The Bertz CT molecular complexity index is 581. The fourth-order valence-electron chi connectivity index (χ4n) is 3.92. The van der Waals surface area contributed by atoms with E-state index in [2.05, 4.69) is 17.3 Å². The summed E-state index contributed by atoms with van der Waals surface area (Å²) in [4.78, 5) is 23.5. The minimum Gasteiger partial charge on any atom is -0.348 e. The number of nitrogens with one attached hydrogen (secondary N) is 1. The SMILES string of the molecule is C[C@H](NC(=O)c1ccc(=O)n(C)n1)[C@H]1C[C@H]2CC[C@H]1C2. The fraction of sp³-hybridized carbons (Fsp3) is 0.667. The molecule has 20 heavy (non-hydrogen) atoms. The van der Waals surface area contributed by atoms with Crippen LogP contribution in [0.3, 0.4) is 0 Å². The number of rotatable bonds is 3. The van der Waals surface area contributed by atoms with Gasteiger partial charge >= 0.3 is 0 Å². The van der Waals surface area contributed by atoms with Crippen LogP contribution in [0.4, 0.5) is 0 Å². The third-order valence-electron chi connectivity index (χ3n) is 4.99. The molecule has 0 saturated heterocycles. The van der Waals surface area contributed by atoms with Crippen molar-refractivity contribution in [2.75, 3.05) is 0 Å². The second-order valence-electron chi connectivity index (χ2n) is 6.28. The summed E-state index contributed by atoms with van der Waals surface area (Å²) < 4.78 is 1.19. The first kappa shape index (κ1) is 13.3. The van der Waals surface area contributed by atoms with Gasteiger partial charge in [0.1, 0.15) is 5.69 Å². The summed E-state index contributed by atoms with van der Waals surface area (Å²) in [6.07, 6.45) is 5.26. The highest BCUT2D eigenvalue weighted by Crippen LogP contribution is 2.49. The van der Waals surface area contributed by atoms with Crippen LogP contribution in [0.5, 0.6) is 0 Å². The molecule has 0 spiro atoms. The molecule has 5 nitrogen and oxygen atoms in total. The van der Waals surface area contributed by atoms with Crippen LogP contribution in [0.25, 0.3) is 0 Å². The highest BCUT2D eigenvalue weighted by atomic mass is 16.2. The average molecular weight is 275 g/mol. The lowest BCUT2D eigenvalue weighted by Gasteiger charge is -2.28. The lowest BCUT2D eigenvalue weighted by Crippen LogP contribution is -2.41. The normalized spacial score (nSPS) is 29.4. The Morgan fingerprint density at radius 3 is 2.80 bits per heavy atom. The number of amides is 1. The molecule has 0 unspecified atom stereocenters. The van der Waals surface area contributed by atoms with Crippen LogP contribution in [-0.2, 0) is 7.05 Å². The number of nitrogens with zero attached hydrogens (tertiary/aromatic N) is 2. The van der Waals surface area contributed by atoms with Gasteiger partial charge in [0.15, 0.2) is 0 Å². The third-order valence-corrected chi connectivity index (χ3v) is 4.99. The standard InChI is InChI=1S/C15H21N3O2/c1-9(12-8-10-3-4-11(12)7-10)16-15(20)13-5-6-14(19)18(2)17-13/h5-6,9-12H,3-4,7-8H2,1-2H3,(H,16,20)/t9-,10-,11-,12+/m0/s1. The van der Waals surface area contributed by atoms with Crippen molar-refractivity contribution in [2.24, 2.45) is 24.8 Å². The Morgan fingerprint density at radius 1 is 1.40 bits per heavy atom. The van der Waals surface area contributed by atoms with E-state index in [1.54, 1.807) is 7.05 Å². The van der Waals surface area contributed by atoms with Crippen molar-refractivity contribution in [3.8, 4) is 0 Å². The molecule has 5 heteroatoms. The third kappa shape index (κ3) is 2.37. The van der Waals surface area contributed by atoms with Gasteiger partial charge in [0.2, 0.25) is 0 Å². The van der Waals surface area contributed by atoms with Crippen LogP contribution in [0.1, 0.15) is 43.1 Å². The summed E-state index contributed by atoms with van der Waals surface area (Å²) in [5.74, 6) is 2.07. The van der Waals surface area contributed by atoms with Gasteiger partial charge in [0.25, 0.3) is 11.5 Å². The molecular weight excluding hydrogens is 254 g/mol. The molecule has 2 bridgehead atoms. The minimum absolute atomic E-state index is 0.178. The predicted molar refractivity (Wildman–Crippen MR) is 75.3 cm³/mol. The number of fused-ring (bicyclic) bond motifs is 2. The summed E-state index contributed by atoms with van der Waals surface area (Å²) in [7, 11) is 1.55. The van der Waals surface area contributed by atoms with Crippen LogP contribution in [0, 0.1) is 17.8 Å². The zero-order valence-electron chi connectivity index (χ0n) is 12.0. The lowest BCUT2D eigenvalue weighted by atomic mass is 9.84. The van der Waals surface area contributed by atoms with Gasteiger partial charge in [-0.25, -0.2) is 4.68 Å². The van der Waals surface area contributed by atoms with Crippen molar-refractivity contribution in [1.29, 1.82) is 0 Å². The Kier molecular flexibility index (Phi) is 3.36. The van der Waals surface area contributed by atoms with E-state index in [-0.39, 0.29) is 17.5 Å². The fourth-order valence-corrected chi connectivity index (χ4v) is 3.92. The molecule has 1 amide bonds. The Balaban J connectivity index is 1.66. The summed E-state index contributed by atoms with van der Waals surface area (Å²) in [6, 6.07) is 3.05. The predicted octanol–water partition coefficient (Wildman–Crippen LogP) is 1.33. The van der Waals surface area contributed by atoms with Crippen molar-refractivity contribution < 1.29 is 4.79 Å². The maximum atomic E-state index is 12.2. The van der Waals surface area contributed by atoms with Crippen molar-refractivity contribution >= 4 is 5.91 Å². The average Bonchev–Trinajstić information content (AvgIpc) is 3.04. The van der Waals surface area contributed by atoms with Crippen LogP contribution in [0.15, 0.2) is 16.9 Å². The molecule has 2 aliphatic carbocycles. The summed E-state index contributed by atoms with van der Waals surface area (Å²) in [6.45, 7) is 2.09. The Hall–Kier alpha value is -1.65. The van der Waals surface area contributed by atoms with E-state index >= 15 is 0 Å². The maximum absolute atomic E-state index is 12.2. The molecular formula is C15H21N3O2. The van der Waals surface area contributed by atoms with Crippen LogP contribution >= 0.6 is 0 Å². The number of carbonyl (C=O) groups excluding carboxylic acids is 1. The summed E-state index contributed by atoms with van der Waals surface area (Å²) >= 11 is 0. The van der Waals surface area contributed by atoms with Crippen molar-refractivity contribution in [1.82, 2.24) is 15.1 Å². The van der Waals surface area contributed by atoms with Gasteiger partial charge in [0.05, 0.1) is 0 Å². The largest absolute Gasteiger partial charge is 0.348 e. The number of hydrogen-bond donors (Lipinski definition) is 1. The smallest absolute Gasteiger partial charge is 0.271 e. The van der Waals surface area contributed by atoms with Gasteiger partial charge < -0.3 is 5.32 Å². The van der Waals surface area contributed by atoms with Crippen LogP contribution in [0.2, 0.25) is 0 Å². The van der Waals surface area contributed by atoms with E-state index < -0.39 is 0 Å². The molecule has 0 radical (unpaired) electrons. The Labute approximate surface area is 118 Å². The zero-order chi connectivity index (χ0) is 14.3. The van der Waals surface area contributed by atoms with E-state index in [9.17, 15) is 9.59 Å². The first-order valence-corrected chi connectivity index (χ1v) is 7.40. The molecule has 1 aromatic rings. The Morgan fingerprint density at radius 2 is 2.20 bits per heavy atom. The van der Waals surface area contributed by atoms with Crippen LogP contribution in [-0.4, -0.2) is 21.7 Å². The van der Waals surface area contributed by atoms with E-state index in [0.717, 1.165) is 11.8 Å². The van der Waals surface area contributed by atoms with Crippen LogP contribution < -0.4 is 10.9 Å². The lowest BCUT2D eigenvalue weighted by molar-refractivity contribution is 0.0908. The number of aryl methyl sites for hydroxylation is 1. The molecule has 1 heterocycles. The van der Waals surface area contributed by atoms with Gasteiger partial charge in [-0.3, -0.25) is 9.59 Å². The van der Waals surface area contributed by atoms with Gasteiger partial charge in [0, 0.05) is 19.2 Å². The van der Waals surface area contributed by atoms with Crippen molar-refractivity contribution in [3.63, 3.8) is 0 Å². The van der Waals surface area contributed by atoms with Gasteiger partial charge in [-0.1, -0.05) is 6.42 Å². The second-order valence-corrected chi connectivity index (χ2v) is 6.28. The molecule has 3 rings (SSSR count). The van der Waals surface area contributed by atoms with Gasteiger partial charge in [-0.15, -0.1) is 0 Å². The first-order valence-electron chi connectivity index (χ1n) is 7.40. The molecule has 0 aromatic carbocycles. The molecule has 4 atom stereocenters. The molecule has 1 aromatic heterocycles. The second kappa shape index (κ2) is 5.04. The highest BCUT2D eigenvalue weighted by molar-refractivity contribution is 5.92. The molecule has 2 aliphatic rings. The number of aromatic nitrogens is 2. The number of carbonyl (C=O) groups is 1. The first-order chi connectivity index (χ1) is 9.54. The van der Waals surface area contributed by atoms with Crippen molar-refractivity contribution in [3.05, 3.63) is 28.2 Å². The maximum Gasteiger partial charge on any atom is 0.271 e. The molecule has 2 fully saturated rings. The van der Waals surface area contributed by atoms with E-state index in [1.807, 2.05) is 0 Å². The summed E-state index contributed by atoms with van der Waals surface area (Å²) in [5, 5.41) is 7.05. The van der Waals surface area contributed by atoms with Gasteiger partial charge in [-0.2, -0.15) is 5.10 Å². The number of hydrogen-bond acceptors (Lipinski definition) is 3. The monoisotopic (exact) mass is 275 g/mol. The zero-order valence-corrected chi connectivity index (χ0v) is 12.0. The highest BCUT2D eigenvalue weighted by Gasteiger charge is 2.42. The summed E-state index contributed by atoms with van der Waals surface area (Å²) in [5.41, 5.74) is 0.102. The molecule has 0 aliphatic heterocycles. The molecule has 108 valence electrons. The van der Waals surface area contributed by atoms with Gasteiger partial charge in [-0.05, 0) is 50.0 Å². The minimum atomic E-state index is -0.206. The van der Waals surface area contributed by atoms with Crippen molar-refractivity contribution in [2.45, 2.75) is 38.6 Å². The van der Waals surface area contributed by atoms with E-state index in [4.69, 9.17) is 0 Å². The van der Waals surface area contributed by atoms with E-state index in [0.29, 0.717) is 11.6 Å². The molecule has 2 saturated carbocycles.